The molecule has 1 aliphatic carbocycles. The maximum atomic E-state index is 12.6. The number of carbonyl (C=O) groups is 1. The summed E-state index contributed by atoms with van der Waals surface area (Å²) < 4.78 is 11.2. The maximum absolute atomic E-state index is 12.6. The highest BCUT2D eigenvalue weighted by Gasteiger charge is 2.33. The van der Waals surface area contributed by atoms with Crippen molar-refractivity contribution in [3.05, 3.63) is 29.9 Å². The van der Waals surface area contributed by atoms with Gasteiger partial charge in [0.25, 0.3) is 5.91 Å². The number of aromatic nitrogens is 3. The molecule has 2 aromatic rings. The summed E-state index contributed by atoms with van der Waals surface area (Å²) in [5, 5.41) is 3.93. The topological polar surface area (TPSA) is 84.6 Å². The van der Waals surface area contributed by atoms with Crippen molar-refractivity contribution in [2.45, 2.75) is 31.3 Å². The zero-order chi connectivity index (χ0) is 17.4. The van der Waals surface area contributed by atoms with E-state index in [0.29, 0.717) is 30.6 Å². The van der Waals surface area contributed by atoms with E-state index in [-0.39, 0.29) is 12.0 Å². The molecule has 0 radical (unpaired) electrons. The van der Waals surface area contributed by atoms with Gasteiger partial charge in [0, 0.05) is 39.0 Å². The SMILES string of the molecule is CN(C)c1cncc(OC2CCN(C(=O)c3cc(C4CC4)on3)C2)n1. The van der Waals surface area contributed by atoms with Crippen LogP contribution in [0.3, 0.4) is 0 Å². The van der Waals surface area contributed by atoms with Crippen molar-refractivity contribution in [3.8, 4) is 5.88 Å². The first-order valence-electron chi connectivity index (χ1n) is 8.52. The van der Waals surface area contributed by atoms with Crippen LogP contribution in [0.15, 0.2) is 23.0 Å². The first kappa shape index (κ1) is 15.9. The second-order valence-electron chi connectivity index (χ2n) is 6.78. The van der Waals surface area contributed by atoms with Gasteiger partial charge in [0.2, 0.25) is 5.88 Å². The lowest BCUT2D eigenvalue weighted by Crippen LogP contribution is -2.31. The van der Waals surface area contributed by atoms with Crippen molar-refractivity contribution in [2.24, 2.45) is 0 Å². The largest absolute Gasteiger partial charge is 0.471 e. The summed E-state index contributed by atoms with van der Waals surface area (Å²) in [6.45, 7) is 1.15. The van der Waals surface area contributed by atoms with Gasteiger partial charge in [0.15, 0.2) is 11.5 Å². The lowest BCUT2D eigenvalue weighted by atomic mass is 10.2. The van der Waals surface area contributed by atoms with E-state index in [1.54, 1.807) is 23.4 Å². The molecular formula is C17H21N5O3. The molecule has 25 heavy (non-hydrogen) atoms. The van der Waals surface area contributed by atoms with Crippen molar-refractivity contribution in [1.29, 1.82) is 0 Å². The van der Waals surface area contributed by atoms with Crippen LogP contribution in [0.25, 0.3) is 0 Å². The quantitative estimate of drug-likeness (QED) is 0.817. The van der Waals surface area contributed by atoms with E-state index in [0.717, 1.165) is 30.8 Å². The summed E-state index contributed by atoms with van der Waals surface area (Å²) in [4.78, 5) is 24.7. The van der Waals surface area contributed by atoms with E-state index in [1.165, 1.54) is 0 Å². The summed E-state index contributed by atoms with van der Waals surface area (Å²) in [5.74, 6) is 2.38. The molecule has 1 amide bonds. The van der Waals surface area contributed by atoms with Gasteiger partial charge in [-0.3, -0.25) is 9.78 Å². The van der Waals surface area contributed by atoms with Crippen molar-refractivity contribution < 1.29 is 14.1 Å². The second-order valence-corrected chi connectivity index (χ2v) is 6.78. The van der Waals surface area contributed by atoms with Gasteiger partial charge in [-0.25, -0.2) is 0 Å². The molecule has 0 N–H and O–H groups in total. The van der Waals surface area contributed by atoms with Crippen LogP contribution in [-0.2, 0) is 0 Å². The second kappa shape index (κ2) is 6.34. The van der Waals surface area contributed by atoms with Crippen molar-refractivity contribution in [1.82, 2.24) is 20.0 Å². The Bertz CT molecular complexity index is 771. The Kier molecular flexibility index (Phi) is 4.03. The van der Waals surface area contributed by atoms with Crippen LogP contribution in [0, 0.1) is 0 Å². The highest BCUT2D eigenvalue weighted by molar-refractivity contribution is 5.92. The average molecular weight is 343 g/mol. The van der Waals surface area contributed by atoms with Crippen LogP contribution in [0.5, 0.6) is 5.88 Å². The van der Waals surface area contributed by atoms with Gasteiger partial charge in [-0.05, 0) is 12.8 Å². The number of ether oxygens (including phenoxy) is 1. The van der Waals surface area contributed by atoms with E-state index in [1.807, 2.05) is 19.0 Å². The van der Waals surface area contributed by atoms with E-state index in [2.05, 4.69) is 15.1 Å². The summed E-state index contributed by atoms with van der Waals surface area (Å²) in [6.07, 6.45) is 6.18. The molecule has 3 heterocycles. The van der Waals surface area contributed by atoms with Gasteiger partial charge in [0.05, 0.1) is 18.9 Å². The maximum Gasteiger partial charge on any atom is 0.276 e. The molecule has 2 aromatic heterocycles. The minimum atomic E-state index is -0.102. The number of likely N-dealkylation sites (tertiary alicyclic amines) is 1. The van der Waals surface area contributed by atoms with Gasteiger partial charge in [-0.2, -0.15) is 4.98 Å². The third-order valence-corrected chi connectivity index (χ3v) is 4.50. The van der Waals surface area contributed by atoms with Gasteiger partial charge >= 0.3 is 0 Å². The standard InChI is InChI=1S/C17H21N5O3/c1-21(2)15-8-18-9-16(19-15)24-12-5-6-22(10-12)17(23)13-7-14(25-20-13)11-3-4-11/h7-9,11-12H,3-6,10H2,1-2H3. The van der Waals surface area contributed by atoms with Crippen molar-refractivity contribution >= 4 is 11.7 Å². The number of hydrogen-bond acceptors (Lipinski definition) is 7. The molecule has 0 bridgehead atoms. The molecule has 2 fully saturated rings. The molecule has 132 valence electrons. The first-order valence-corrected chi connectivity index (χ1v) is 8.52. The molecule has 1 aliphatic heterocycles. The van der Waals surface area contributed by atoms with E-state index in [4.69, 9.17) is 9.26 Å². The molecule has 0 aromatic carbocycles. The Balaban J connectivity index is 1.37. The third kappa shape index (κ3) is 3.42. The first-order chi connectivity index (χ1) is 12.1. The van der Waals surface area contributed by atoms with Gasteiger partial charge < -0.3 is 19.1 Å². The van der Waals surface area contributed by atoms with Crippen molar-refractivity contribution in [3.63, 3.8) is 0 Å². The molecule has 1 saturated heterocycles. The molecule has 2 aliphatic rings. The average Bonchev–Trinajstić information content (AvgIpc) is 3.16. The normalized spacial score (nSPS) is 19.9. The minimum absolute atomic E-state index is 0.0922. The lowest BCUT2D eigenvalue weighted by Gasteiger charge is -2.16. The molecule has 1 atom stereocenters. The molecule has 0 spiro atoms. The van der Waals surface area contributed by atoms with Gasteiger partial charge in [0.1, 0.15) is 11.9 Å². The zero-order valence-corrected chi connectivity index (χ0v) is 14.4. The number of carbonyl (C=O) groups excluding carboxylic acids is 1. The van der Waals surface area contributed by atoms with Gasteiger partial charge in [-0.1, -0.05) is 5.16 Å². The number of rotatable bonds is 5. The molecule has 4 rings (SSSR count). The monoisotopic (exact) mass is 343 g/mol. The minimum Gasteiger partial charge on any atom is -0.471 e. The predicted octanol–water partition coefficient (Wildman–Crippen LogP) is 1.70. The van der Waals surface area contributed by atoms with Crippen LogP contribution in [0.1, 0.15) is 41.4 Å². The Morgan fingerprint density at radius 2 is 2.16 bits per heavy atom. The highest BCUT2D eigenvalue weighted by Crippen LogP contribution is 2.40. The fourth-order valence-corrected chi connectivity index (χ4v) is 2.90. The van der Waals surface area contributed by atoms with Crippen LogP contribution in [0.4, 0.5) is 5.82 Å². The number of nitrogens with zero attached hydrogens (tertiary/aromatic N) is 5. The summed E-state index contributed by atoms with van der Waals surface area (Å²) >= 11 is 0. The fraction of sp³-hybridized carbons (Fsp3) is 0.529. The highest BCUT2D eigenvalue weighted by atomic mass is 16.5. The van der Waals surface area contributed by atoms with E-state index >= 15 is 0 Å². The summed E-state index contributed by atoms with van der Waals surface area (Å²) in [5.41, 5.74) is 0.386. The lowest BCUT2D eigenvalue weighted by molar-refractivity contribution is 0.0760. The molecule has 8 heteroatoms. The predicted molar refractivity (Wildman–Crippen MR) is 89.8 cm³/mol. The van der Waals surface area contributed by atoms with Gasteiger partial charge in [-0.15, -0.1) is 0 Å². The number of amides is 1. The Morgan fingerprint density at radius 3 is 2.92 bits per heavy atom. The Morgan fingerprint density at radius 1 is 1.32 bits per heavy atom. The number of hydrogen-bond donors (Lipinski definition) is 0. The zero-order valence-electron chi connectivity index (χ0n) is 14.4. The Labute approximate surface area is 145 Å². The van der Waals surface area contributed by atoms with E-state index < -0.39 is 0 Å². The number of anilines is 1. The Hall–Kier alpha value is -2.64. The fourth-order valence-electron chi connectivity index (χ4n) is 2.90. The van der Waals surface area contributed by atoms with Crippen molar-refractivity contribution in [2.75, 3.05) is 32.1 Å². The van der Waals surface area contributed by atoms with Crippen LogP contribution >= 0.6 is 0 Å². The molecular weight excluding hydrogens is 322 g/mol. The van der Waals surface area contributed by atoms with Crippen LogP contribution in [0.2, 0.25) is 0 Å². The van der Waals surface area contributed by atoms with Crippen LogP contribution < -0.4 is 9.64 Å². The smallest absolute Gasteiger partial charge is 0.276 e. The van der Waals surface area contributed by atoms with E-state index in [9.17, 15) is 4.79 Å². The summed E-state index contributed by atoms with van der Waals surface area (Å²) in [6, 6.07) is 1.78. The third-order valence-electron chi connectivity index (χ3n) is 4.50. The summed E-state index contributed by atoms with van der Waals surface area (Å²) in [7, 11) is 3.80. The van der Waals surface area contributed by atoms with Crippen LogP contribution in [-0.4, -0.2) is 59.2 Å². The molecule has 8 nitrogen and oxygen atoms in total. The molecule has 1 saturated carbocycles. The molecule has 1 unspecified atom stereocenters.